The van der Waals surface area contributed by atoms with Crippen LogP contribution in [0, 0.1) is 0 Å². The van der Waals surface area contributed by atoms with E-state index in [0.29, 0.717) is 55.4 Å². The van der Waals surface area contributed by atoms with Crippen LogP contribution < -0.4 is 0 Å². The maximum atomic E-state index is 9.10. The second-order valence-corrected chi connectivity index (χ2v) is 11.7. The van der Waals surface area contributed by atoms with Crippen LogP contribution in [0.4, 0.5) is 0 Å². The van der Waals surface area contributed by atoms with Crippen molar-refractivity contribution in [1.29, 1.82) is 0 Å². The van der Waals surface area contributed by atoms with Crippen molar-refractivity contribution in [2.24, 2.45) is 0 Å². The monoisotopic (exact) mass is 654 g/mol. The molecule has 0 aliphatic carbocycles. The zero-order valence-electron chi connectivity index (χ0n) is 44.0. The Labute approximate surface area is 316 Å². The van der Waals surface area contributed by atoms with Gasteiger partial charge in [-0.25, -0.2) is 0 Å². The largest absolute Gasteiger partial charge is 0.309 e. The molecule has 8 aromatic carbocycles. The molecule has 0 saturated carbocycles. The molecule has 50 heavy (non-hydrogen) atoms. The normalized spacial score (nSPS) is 16.6. The van der Waals surface area contributed by atoms with Gasteiger partial charge < -0.3 is 9.13 Å². The number of nitrogens with zero attached hydrogens (tertiary/aromatic N) is 2. The Kier molecular flexibility index (Phi) is 3.62. The fourth-order valence-corrected chi connectivity index (χ4v) is 6.70. The molecule has 0 aliphatic heterocycles. The maximum Gasteiger partial charge on any atom is 0.0645 e. The highest BCUT2D eigenvalue weighted by molar-refractivity contribution is 6.12. The highest BCUT2D eigenvalue weighted by Crippen LogP contribution is 2.39. The summed E-state index contributed by atoms with van der Waals surface area (Å²) in [6.45, 7) is 0. The Hall–Kier alpha value is -6.64. The average molecular weight is 655 g/mol. The van der Waals surface area contributed by atoms with E-state index in [1.54, 1.807) is 94.1 Å². The lowest BCUT2D eigenvalue weighted by Crippen LogP contribution is -1.94. The first-order valence-electron chi connectivity index (χ1n) is 24.7. The van der Waals surface area contributed by atoms with Gasteiger partial charge in [0.1, 0.15) is 0 Å². The molecule has 2 nitrogen and oxygen atoms in total. The van der Waals surface area contributed by atoms with Gasteiger partial charge >= 0.3 is 0 Å². The van der Waals surface area contributed by atoms with Gasteiger partial charge in [-0.2, -0.15) is 0 Å². The van der Waals surface area contributed by atoms with Crippen molar-refractivity contribution in [3.8, 4) is 44.8 Å². The van der Waals surface area contributed by atoms with E-state index in [-0.39, 0.29) is 69.2 Å². The molecule has 0 amide bonds. The standard InChI is InChI=1S/C48H32N2/c1-3-12-33(13-4-1)35-22-26-39(27-23-35)49-45-20-9-7-18-41(45)43-31-37(24-28-47(43)49)38-25-29-48-44(32-38)42-19-8-10-21-46(42)50(48)40-17-11-16-36(30-40)34-14-5-2-6-15-34/h1-32H/i1D,2D,3D,4D,5D,6D,7D,8D,9D,10D,12D,13D,14D,15D,18D,19D,20D,21D. The number of hydrogen-bond acceptors (Lipinski definition) is 0. The topological polar surface area (TPSA) is 9.86 Å². The molecule has 0 aliphatic rings. The Morgan fingerprint density at radius 2 is 0.760 bits per heavy atom. The van der Waals surface area contributed by atoms with Crippen LogP contribution >= 0.6 is 0 Å². The SMILES string of the molecule is [2H]c1c([2H])c([2H])c(-c2ccc(-n3c4ccc(-c5ccc6c(c5)c5c([2H])c([2H])c([2H])c([2H])c5n6-c5cccc(-c6c([2H])c([2H])c([2H])c([2H])c6[2H])c5)cc4c4c([2H])c([2H])c([2H])c([2H])c43)cc2)c([2H])c1[2H]. The minimum atomic E-state index is -0.536. The number of aromatic nitrogens is 2. The van der Waals surface area contributed by atoms with Crippen LogP contribution in [0.15, 0.2) is 194 Å². The number of fused-ring (bicyclic) bond motifs is 6. The summed E-state index contributed by atoms with van der Waals surface area (Å²) < 4.78 is 157. The van der Waals surface area contributed by atoms with Gasteiger partial charge in [0, 0.05) is 32.9 Å². The van der Waals surface area contributed by atoms with Crippen molar-refractivity contribution in [2.45, 2.75) is 0 Å². The lowest BCUT2D eigenvalue weighted by atomic mass is 10.0. The van der Waals surface area contributed by atoms with Gasteiger partial charge in [-0.05, 0) is 94.0 Å². The quantitative estimate of drug-likeness (QED) is 0.175. The van der Waals surface area contributed by atoms with E-state index in [9.17, 15) is 0 Å². The van der Waals surface area contributed by atoms with Gasteiger partial charge in [0.05, 0.1) is 46.7 Å². The molecule has 0 N–H and O–H groups in total. The summed E-state index contributed by atoms with van der Waals surface area (Å²) in [7, 11) is 0. The average Bonchev–Trinajstić information content (AvgIpc) is 3.87. The number of hydrogen-bond donors (Lipinski definition) is 0. The molecule has 0 unspecified atom stereocenters. The molecule has 0 bridgehead atoms. The van der Waals surface area contributed by atoms with Gasteiger partial charge in [-0.3, -0.25) is 0 Å². The zero-order chi connectivity index (χ0) is 48.7. The highest BCUT2D eigenvalue weighted by Gasteiger charge is 2.16. The van der Waals surface area contributed by atoms with Gasteiger partial charge in [0.2, 0.25) is 0 Å². The van der Waals surface area contributed by atoms with Crippen molar-refractivity contribution < 1.29 is 24.7 Å². The lowest BCUT2D eigenvalue weighted by molar-refractivity contribution is 1.18. The van der Waals surface area contributed by atoms with Crippen LogP contribution in [-0.2, 0) is 0 Å². The molecular weight excluding hydrogens is 605 g/mol. The number of para-hydroxylation sites is 2. The molecule has 0 saturated heterocycles. The second kappa shape index (κ2) is 11.5. The fraction of sp³-hybridized carbons (Fsp3) is 0. The van der Waals surface area contributed by atoms with Crippen LogP contribution in [0.2, 0.25) is 0 Å². The van der Waals surface area contributed by atoms with E-state index in [1.165, 1.54) is 0 Å². The Morgan fingerprint density at radius 3 is 1.34 bits per heavy atom. The summed E-state index contributed by atoms with van der Waals surface area (Å²) in [6.07, 6.45) is 0. The molecule has 0 fully saturated rings. The molecule has 10 rings (SSSR count). The smallest absolute Gasteiger partial charge is 0.0645 e. The molecule has 10 aromatic rings. The second-order valence-electron chi connectivity index (χ2n) is 11.7. The summed E-state index contributed by atoms with van der Waals surface area (Å²) in [4.78, 5) is 0. The molecule has 234 valence electrons. The zero-order valence-corrected chi connectivity index (χ0v) is 26.0. The van der Waals surface area contributed by atoms with Gasteiger partial charge in [0.25, 0.3) is 0 Å². The van der Waals surface area contributed by atoms with Gasteiger partial charge in [-0.15, -0.1) is 0 Å². The minimum Gasteiger partial charge on any atom is -0.309 e. The highest BCUT2D eigenvalue weighted by atomic mass is 15.0. The predicted molar refractivity (Wildman–Crippen MR) is 211 cm³/mol. The third-order valence-corrected chi connectivity index (χ3v) is 8.94. The van der Waals surface area contributed by atoms with E-state index < -0.39 is 72.5 Å². The van der Waals surface area contributed by atoms with Gasteiger partial charge in [0.15, 0.2) is 0 Å². The minimum absolute atomic E-state index is 0.00821. The molecule has 2 heterocycles. The predicted octanol–water partition coefficient (Wildman–Crippen LogP) is 12.9. The Bertz CT molecular complexity index is 3830. The van der Waals surface area contributed by atoms with Crippen molar-refractivity contribution in [2.75, 3.05) is 0 Å². The van der Waals surface area contributed by atoms with E-state index in [4.69, 9.17) is 24.7 Å². The Balaban J connectivity index is 1.18. The molecule has 2 aromatic heterocycles. The summed E-state index contributed by atoms with van der Waals surface area (Å²) in [5, 5.41) is 1.35. The van der Waals surface area contributed by atoms with Crippen molar-refractivity contribution in [3.63, 3.8) is 0 Å². The third-order valence-electron chi connectivity index (χ3n) is 8.94. The van der Waals surface area contributed by atoms with E-state index in [2.05, 4.69) is 0 Å². The first kappa shape index (κ1) is 15.7. The summed E-state index contributed by atoms with van der Waals surface area (Å²) in [5.41, 5.74) is 4.01. The van der Waals surface area contributed by atoms with E-state index >= 15 is 0 Å². The molecular formula is C48H32N2. The van der Waals surface area contributed by atoms with Crippen molar-refractivity contribution in [3.05, 3.63) is 194 Å². The van der Waals surface area contributed by atoms with Crippen LogP contribution in [0.5, 0.6) is 0 Å². The molecule has 0 radical (unpaired) electrons. The van der Waals surface area contributed by atoms with Crippen LogP contribution in [0.1, 0.15) is 24.7 Å². The van der Waals surface area contributed by atoms with E-state index in [0.717, 1.165) is 0 Å². The van der Waals surface area contributed by atoms with Crippen LogP contribution in [-0.4, -0.2) is 9.13 Å². The van der Waals surface area contributed by atoms with Crippen LogP contribution in [0.25, 0.3) is 88.4 Å². The molecule has 0 atom stereocenters. The number of rotatable bonds is 5. The Morgan fingerprint density at radius 1 is 0.300 bits per heavy atom. The molecule has 2 heteroatoms. The van der Waals surface area contributed by atoms with Crippen molar-refractivity contribution >= 4 is 43.6 Å². The fourth-order valence-electron chi connectivity index (χ4n) is 6.70. The first-order chi connectivity index (χ1) is 32.3. The summed E-state index contributed by atoms with van der Waals surface area (Å²) >= 11 is 0. The van der Waals surface area contributed by atoms with Crippen LogP contribution in [0.3, 0.4) is 0 Å². The van der Waals surface area contributed by atoms with E-state index in [1.807, 2.05) is 0 Å². The summed E-state index contributed by atoms with van der Waals surface area (Å²) in [6, 6.07) is 16.1. The molecule has 0 spiro atoms. The first-order valence-corrected chi connectivity index (χ1v) is 15.7. The lowest BCUT2D eigenvalue weighted by Gasteiger charge is -2.11. The summed E-state index contributed by atoms with van der Waals surface area (Å²) in [5.74, 6) is 0. The van der Waals surface area contributed by atoms with Gasteiger partial charge in [-0.1, -0.05) is 133 Å². The number of benzene rings is 8. The maximum absolute atomic E-state index is 9.10. The van der Waals surface area contributed by atoms with Crippen molar-refractivity contribution in [1.82, 2.24) is 9.13 Å². The third kappa shape index (κ3) is 4.57.